The first-order chi connectivity index (χ1) is 18.5. The van der Waals surface area contributed by atoms with Gasteiger partial charge in [-0.05, 0) is 68.2 Å². The number of halogens is 2. The number of hydrogen-bond acceptors (Lipinski definition) is 3. The molecule has 0 bridgehead atoms. The van der Waals surface area contributed by atoms with E-state index in [1.54, 1.807) is 12.1 Å². The van der Waals surface area contributed by atoms with E-state index in [9.17, 15) is 4.79 Å². The van der Waals surface area contributed by atoms with Crippen molar-refractivity contribution in [1.29, 1.82) is 0 Å². The Bertz CT molecular complexity index is 1340. The van der Waals surface area contributed by atoms with Crippen LogP contribution in [0.25, 0.3) is 16.6 Å². The molecule has 0 spiro atoms. The van der Waals surface area contributed by atoms with Gasteiger partial charge < -0.3 is 14.0 Å². The molecule has 4 nitrogen and oxygen atoms in total. The predicted octanol–water partition coefficient (Wildman–Crippen LogP) is 8.82. The smallest absolute Gasteiger partial charge is 0.211 e. The summed E-state index contributed by atoms with van der Waals surface area (Å²) in [5.41, 5.74) is 3.66. The molecule has 0 unspecified atom stereocenters. The average molecular weight is 552 g/mol. The van der Waals surface area contributed by atoms with Crippen LogP contribution in [0.5, 0.6) is 5.75 Å². The van der Waals surface area contributed by atoms with Crippen molar-refractivity contribution in [3.63, 3.8) is 0 Å². The van der Waals surface area contributed by atoms with Gasteiger partial charge in [0.1, 0.15) is 16.5 Å². The van der Waals surface area contributed by atoms with Crippen LogP contribution in [-0.2, 0) is 0 Å². The lowest BCUT2D eigenvalue weighted by molar-refractivity contribution is 0.103. The van der Waals surface area contributed by atoms with Crippen LogP contribution in [0.3, 0.4) is 0 Å². The van der Waals surface area contributed by atoms with Crippen LogP contribution >= 0.6 is 23.2 Å². The van der Waals surface area contributed by atoms with Crippen molar-refractivity contribution in [3.05, 3.63) is 94.2 Å². The second kappa shape index (κ2) is 13.8. The lowest BCUT2D eigenvalue weighted by atomic mass is 10.00. The largest absolute Gasteiger partial charge is 0.492 e. The van der Waals surface area contributed by atoms with Gasteiger partial charge in [-0.2, -0.15) is 0 Å². The maximum Gasteiger partial charge on any atom is 0.211 e. The SMILES string of the molecule is CCCCN(CCCC)CCCOc1ccc(C(=O)c2c(-c3ccccc3)cc3ccccn23)c(Cl)c1Cl. The van der Waals surface area contributed by atoms with Crippen LogP contribution < -0.4 is 4.74 Å². The Labute approximate surface area is 236 Å². The molecule has 2 aromatic heterocycles. The van der Waals surface area contributed by atoms with E-state index in [2.05, 4.69) is 18.7 Å². The number of hydrogen-bond donors (Lipinski definition) is 0. The summed E-state index contributed by atoms with van der Waals surface area (Å²) in [6, 6.07) is 21.3. The molecule has 4 rings (SSSR count). The second-order valence-electron chi connectivity index (χ2n) is 9.59. The third kappa shape index (κ3) is 6.61. The minimum Gasteiger partial charge on any atom is -0.492 e. The maximum atomic E-state index is 13.9. The molecular weight excluding hydrogens is 515 g/mol. The number of unbranched alkanes of at least 4 members (excludes halogenated alkanes) is 2. The molecule has 0 saturated carbocycles. The zero-order chi connectivity index (χ0) is 26.9. The van der Waals surface area contributed by atoms with Crippen molar-refractivity contribution in [1.82, 2.24) is 9.30 Å². The average Bonchev–Trinajstić information content (AvgIpc) is 3.34. The Morgan fingerprint density at radius 3 is 2.24 bits per heavy atom. The lowest BCUT2D eigenvalue weighted by Crippen LogP contribution is -2.28. The van der Waals surface area contributed by atoms with Gasteiger partial charge in [-0.25, -0.2) is 0 Å². The Kier molecular flexibility index (Phi) is 10.3. The van der Waals surface area contributed by atoms with Crippen LogP contribution in [0.15, 0.2) is 72.9 Å². The summed E-state index contributed by atoms with van der Waals surface area (Å²) in [5, 5.41) is 0.486. The normalized spacial score (nSPS) is 11.4. The highest BCUT2D eigenvalue weighted by Gasteiger charge is 2.24. The van der Waals surface area contributed by atoms with E-state index in [1.807, 2.05) is 65.2 Å². The molecular formula is C32H36Cl2N2O2. The summed E-state index contributed by atoms with van der Waals surface area (Å²) in [5.74, 6) is 0.321. The predicted molar refractivity (Wildman–Crippen MR) is 159 cm³/mol. The molecule has 0 aliphatic rings. The highest BCUT2D eigenvalue weighted by atomic mass is 35.5. The monoisotopic (exact) mass is 550 g/mol. The fourth-order valence-electron chi connectivity index (χ4n) is 4.71. The number of benzene rings is 2. The fraction of sp³-hybridized carbons (Fsp3) is 0.344. The summed E-state index contributed by atoms with van der Waals surface area (Å²) < 4.78 is 7.91. The van der Waals surface area contributed by atoms with Crippen LogP contribution in [0, 0.1) is 0 Å². The number of ketones is 1. The summed E-state index contributed by atoms with van der Waals surface area (Å²) in [6.07, 6.45) is 7.62. The third-order valence-corrected chi connectivity index (χ3v) is 7.67. The molecule has 38 heavy (non-hydrogen) atoms. The first kappa shape index (κ1) is 28.2. The van der Waals surface area contributed by atoms with Crippen molar-refractivity contribution in [2.24, 2.45) is 0 Å². The topological polar surface area (TPSA) is 34.0 Å². The Hall–Kier alpha value is -2.79. The number of pyridine rings is 1. The quantitative estimate of drug-likeness (QED) is 0.116. The number of ether oxygens (including phenoxy) is 1. The van der Waals surface area contributed by atoms with Crippen molar-refractivity contribution in [2.75, 3.05) is 26.2 Å². The standard InChI is InChI=1S/C32H36Cl2N2O2/c1-3-5-18-35(19-6-4-2)20-12-22-38-28-17-16-26(29(33)30(28)34)32(37)31-27(24-13-8-7-9-14-24)23-25-15-10-11-21-36(25)31/h7-11,13-17,21,23H,3-6,12,18-20,22H2,1-2H3. The number of carbonyl (C=O) groups is 1. The van der Waals surface area contributed by atoms with Crippen LogP contribution in [0.1, 0.15) is 62.0 Å². The Morgan fingerprint density at radius 2 is 1.53 bits per heavy atom. The van der Waals surface area contributed by atoms with Gasteiger partial charge in [0.25, 0.3) is 0 Å². The highest BCUT2D eigenvalue weighted by Crippen LogP contribution is 2.37. The summed E-state index contributed by atoms with van der Waals surface area (Å²) in [6.45, 7) is 8.23. The fourth-order valence-corrected chi connectivity index (χ4v) is 5.17. The Balaban J connectivity index is 1.52. The van der Waals surface area contributed by atoms with Crippen LogP contribution in [0.4, 0.5) is 0 Å². The molecule has 2 heterocycles. The molecule has 4 aromatic rings. The molecule has 6 heteroatoms. The van der Waals surface area contributed by atoms with E-state index < -0.39 is 0 Å². The molecule has 0 N–H and O–H groups in total. The van der Waals surface area contributed by atoms with Crippen LogP contribution in [0.2, 0.25) is 10.0 Å². The first-order valence-electron chi connectivity index (χ1n) is 13.6. The molecule has 2 aromatic carbocycles. The van der Waals surface area contributed by atoms with Gasteiger partial charge in [0.05, 0.1) is 11.6 Å². The zero-order valence-corrected chi connectivity index (χ0v) is 23.8. The Morgan fingerprint density at radius 1 is 0.842 bits per heavy atom. The van der Waals surface area contributed by atoms with E-state index in [-0.39, 0.29) is 15.8 Å². The van der Waals surface area contributed by atoms with Gasteiger partial charge in [-0.3, -0.25) is 4.79 Å². The maximum absolute atomic E-state index is 13.9. The number of fused-ring (bicyclic) bond motifs is 1. The molecule has 0 saturated heterocycles. The molecule has 0 fully saturated rings. The molecule has 0 radical (unpaired) electrons. The second-order valence-corrected chi connectivity index (χ2v) is 10.3. The molecule has 200 valence electrons. The van der Waals surface area contributed by atoms with Gasteiger partial charge in [0.15, 0.2) is 0 Å². The number of rotatable bonds is 14. The van der Waals surface area contributed by atoms with Crippen molar-refractivity contribution in [2.45, 2.75) is 46.0 Å². The van der Waals surface area contributed by atoms with Gasteiger partial charge >= 0.3 is 0 Å². The van der Waals surface area contributed by atoms with Crippen LogP contribution in [-0.4, -0.2) is 41.3 Å². The van der Waals surface area contributed by atoms with Crippen molar-refractivity contribution >= 4 is 34.5 Å². The van der Waals surface area contributed by atoms with Gasteiger partial charge in [-0.15, -0.1) is 0 Å². The van der Waals surface area contributed by atoms with Gasteiger partial charge in [0, 0.05) is 29.4 Å². The highest BCUT2D eigenvalue weighted by molar-refractivity contribution is 6.45. The zero-order valence-electron chi connectivity index (χ0n) is 22.3. The minimum absolute atomic E-state index is 0.184. The number of aromatic nitrogens is 1. The number of carbonyl (C=O) groups excluding carboxylic acids is 1. The summed E-state index contributed by atoms with van der Waals surface area (Å²) in [7, 11) is 0. The third-order valence-electron chi connectivity index (χ3n) is 6.80. The molecule has 0 atom stereocenters. The van der Waals surface area contributed by atoms with Gasteiger partial charge in [-0.1, -0.05) is 86.3 Å². The molecule has 0 aliphatic heterocycles. The first-order valence-corrected chi connectivity index (χ1v) is 14.3. The van der Waals surface area contributed by atoms with Gasteiger partial charge in [0.2, 0.25) is 5.78 Å². The van der Waals surface area contributed by atoms with E-state index in [4.69, 9.17) is 27.9 Å². The van der Waals surface area contributed by atoms with E-state index >= 15 is 0 Å². The van der Waals surface area contributed by atoms with Crippen molar-refractivity contribution in [3.8, 4) is 16.9 Å². The van der Waals surface area contributed by atoms with E-state index in [1.165, 1.54) is 25.7 Å². The lowest BCUT2D eigenvalue weighted by Gasteiger charge is -2.22. The molecule has 0 aliphatic carbocycles. The van der Waals surface area contributed by atoms with E-state index in [0.717, 1.165) is 42.7 Å². The summed E-state index contributed by atoms with van der Waals surface area (Å²) >= 11 is 13.3. The van der Waals surface area contributed by atoms with E-state index in [0.29, 0.717) is 23.6 Å². The van der Waals surface area contributed by atoms with Crippen molar-refractivity contribution < 1.29 is 9.53 Å². The molecule has 0 amide bonds. The summed E-state index contributed by atoms with van der Waals surface area (Å²) in [4.78, 5) is 16.4. The minimum atomic E-state index is -0.184. The number of nitrogens with zero attached hydrogens (tertiary/aromatic N) is 2.